The van der Waals surface area contributed by atoms with Crippen molar-refractivity contribution in [3.05, 3.63) is 0 Å². The van der Waals surface area contributed by atoms with Crippen molar-refractivity contribution in [3.8, 4) is 0 Å². The monoisotopic (exact) mass is 170 g/mol. The van der Waals surface area contributed by atoms with Gasteiger partial charge in [0.15, 0.2) is 0 Å². The van der Waals surface area contributed by atoms with E-state index in [1.807, 2.05) is 13.8 Å². The molecule has 0 aromatic heterocycles. The molecule has 0 N–H and O–H groups in total. The molecule has 2 unspecified atom stereocenters. The molecule has 0 radical (unpaired) electrons. The van der Waals surface area contributed by atoms with Crippen molar-refractivity contribution in [1.82, 2.24) is 0 Å². The standard InChI is InChI=1S/C11H22O/c1-6-7-9(4)11(12)10(5)8(2)3/h8-10H,6-7H2,1-5H3. The second-order valence-corrected chi connectivity index (χ2v) is 4.12. The molecule has 0 rings (SSSR count). The van der Waals surface area contributed by atoms with Crippen LogP contribution in [0.1, 0.15) is 47.5 Å². The number of carbonyl (C=O) groups is 1. The Bertz CT molecular complexity index is 138. The highest BCUT2D eigenvalue weighted by Crippen LogP contribution is 2.18. The molecule has 0 saturated carbocycles. The van der Waals surface area contributed by atoms with Gasteiger partial charge in [0.25, 0.3) is 0 Å². The van der Waals surface area contributed by atoms with Crippen molar-refractivity contribution in [2.75, 3.05) is 0 Å². The minimum atomic E-state index is 0.228. The van der Waals surface area contributed by atoms with Crippen LogP contribution in [0.15, 0.2) is 0 Å². The Morgan fingerprint density at radius 3 is 2.00 bits per heavy atom. The molecule has 1 nitrogen and oxygen atoms in total. The molecule has 0 aliphatic rings. The highest BCUT2D eigenvalue weighted by molar-refractivity contribution is 5.82. The molecule has 0 amide bonds. The molecule has 0 saturated heterocycles. The molecule has 72 valence electrons. The molecule has 0 aliphatic carbocycles. The lowest BCUT2D eigenvalue weighted by atomic mass is 9.85. The van der Waals surface area contributed by atoms with E-state index in [1.165, 1.54) is 0 Å². The van der Waals surface area contributed by atoms with E-state index >= 15 is 0 Å². The van der Waals surface area contributed by atoms with E-state index in [1.54, 1.807) is 0 Å². The fraction of sp³-hybridized carbons (Fsp3) is 0.909. The van der Waals surface area contributed by atoms with Crippen molar-refractivity contribution >= 4 is 5.78 Å². The Hall–Kier alpha value is -0.330. The Balaban J connectivity index is 4.00. The zero-order valence-corrected chi connectivity index (χ0v) is 9.05. The number of ketones is 1. The molecule has 0 heterocycles. The molecule has 0 aromatic carbocycles. The number of hydrogen-bond donors (Lipinski definition) is 0. The van der Waals surface area contributed by atoms with Gasteiger partial charge in [-0.2, -0.15) is 0 Å². The van der Waals surface area contributed by atoms with Crippen LogP contribution in [0.25, 0.3) is 0 Å². The van der Waals surface area contributed by atoms with E-state index in [0.717, 1.165) is 12.8 Å². The third-order valence-corrected chi connectivity index (χ3v) is 2.66. The first-order chi connectivity index (χ1) is 5.50. The summed E-state index contributed by atoms with van der Waals surface area (Å²) in [4.78, 5) is 11.7. The normalized spacial score (nSPS) is 16.2. The largest absolute Gasteiger partial charge is 0.299 e. The van der Waals surface area contributed by atoms with Crippen LogP contribution in [-0.4, -0.2) is 5.78 Å². The van der Waals surface area contributed by atoms with Gasteiger partial charge in [-0.05, 0) is 12.3 Å². The quantitative estimate of drug-likeness (QED) is 0.619. The second kappa shape index (κ2) is 5.34. The Morgan fingerprint density at radius 2 is 1.67 bits per heavy atom. The summed E-state index contributed by atoms with van der Waals surface area (Å²) in [6.07, 6.45) is 2.15. The van der Waals surface area contributed by atoms with Gasteiger partial charge in [-0.15, -0.1) is 0 Å². The Labute approximate surface area is 76.6 Å². The van der Waals surface area contributed by atoms with Gasteiger partial charge in [0.1, 0.15) is 5.78 Å². The van der Waals surface area contributed by atoms with E-state index in [-0.39, 0.29) is 11.8 Å². The predicted molar refractivity (Wildman–Crippen MR) is 53.1 cm³/mol. The van der Waals surface area contributed by atoms with E-state index in [0.29, 0.717) is 11.7 Å². The maximum absolute atomic E-state index is 11.7. The summed E-state index contributed by atoms with van der Waals surface area (Å²) in [6, 6.07) is 0. The van der Waals surface area contributed by atoms with E-state index in [9.17, 15) is 4.79 Å². The van der Waals surface area contributed by atoms with Gasteiger partial charge in [0.2, 0.25) is 0 Å². The van der Waals surface area contributed by atoms with Gasteiger partial charge < -0.3 is 0 Å². The van der Waals surface area contributed by atoms with E-state index < -0.39 is 0 Å². The van der Waals surface area contributed by atoms with Crippen LogP contribution < -0.4 is 0 Å². The third kappa shape index (κ3) is 3.38. The molecular weight excluding hydrogens is 148 g/mol. The summed E-state index contributed by atoms with van der Waals surface area (Å²) >= 11 is 0. The first kappa shape index (κ1) is 11.7. The van der Waals surface area contributed by atoms with Gasteiger partial charge >= 0.3 is 0 Å². The molecule has 12 heavy (non-hydrogen) atoms. The fourth-order valence-corrected chi connectivity index (χ4v) is 1.35. The Morgan fingerprint density at radius 1 is 1.17 bits per heavy atom. The number of carbonyl (C=O) groups excluding carboxylic acids is 1. The zero-order chi connectivity index (χ0) is 9.72. The summed E-state index contributed by atoms with van der Waals surface area (Å²) < 4.78 is 0. The van der Waals surface area contributed by atoms with Crippen molar-refractivity contribution in [3.63, 3.8) is 0 Å². The van der Waals surface area contributed by atoms with Gasteiger partial charge in [0, 0.05) is 11.8 Å². The highest BCUT2D eigenvalue weighted by Gasteiger charge is 2.21. The van der Waals surface area contributed by atoms with Gasteiger partial charge in [0.05, 0.1) is 0 Å². The van der Waals surface area contributed by atoms with Crippen molar-refractivity contribution in [2.24, 2.45) is 17.8 Å². The van der Waals surface area contributed by atoms with Crippen molar-refractivity contribution < 1.29 is 4.79 Å². The SMILES string of the molecule is CCCC(C)C(=O)C(C)C(C)C. The first-order valence-electron chi connectivity index (χ1n) is 5.04. The average Bonchev–Trinajstić information content (AvgIpc) is 2.02. The van der Waals surface area contributed by atoms with E-state index in [4.69, 9.17) is 0 Å². The average molecular weight is 170 g/mol. The molecule has 0 aliphatic heterocycles. The van der Waals surface area contributed by atoms with Crippen LogP contribution in [-0.2, 0) is 4.79 Å². The van der Waals surface area contributed by atoms with Crippen LogP contribution in [0.4, 0.5) is 0 Å². The molecule has 0 bridgehead atoms. The van der Waals surface area contributed by atoms with Crippen LogP contribution >= 0.6 is 0 Å². The molecule has 1 heteroatoms. The first-order valence-corrected chi connectivity index (χ1v) is 5.04. The Kier molecular flexibility index (Phi) is 5.19. The zero-order valence-electron chi connectivity index (χ0n) is 9.05. The number of rotatable bonds is 5. The number of Topliss-reactive ketones (excluding diaryl/α,β-unsaturated/α-hetero) is 1. The minimum absolute atomic E-state index is 0.228. The van der Waals surface area contributed by atoms with Crippen LogP contribution in [0.2, 0.25) is 0 Å². The van der Waals surface area contributed by atoms with Crippen LogP contribution in [0, 0.1) is 17.8 Å². The summed E-state index contributed by atoms with van der Waals surface area (Å²) in [6.45, 7) is 10.4. The smallest absolute Gasteiger partial charge is 0.138 e. The topological polar surface area (TPSA) is 17.1 Å². The fourth-order valence-electron chi connectivity index (χ4n) is 1.35. The summed E-state index contributed by atoms with van der Waals surface area (Å²) in [5.74, 6) is 1.41. The van der Waals surface area contributed by atoms with Crippen LogP contribution in [0.5, 0.6) is 0 Å². The minimum Gasteiger partial charge on any atom is -0.299 e. The molecule has 0 aromatic rings. The van der Waals surface area contributed by atoms with Crippen LogP contribution in [0.3, 0.4) is 0 Å². The molecule has 0 spiro atoms. The van der Waals surface area contributed by atoms with Crippen molar-refractivity contribution in [2.45, 2.75) is 47.5 Å². The maximum atomic E-state index is 11.7. The van der Waals surface area contributed by atoms with Gasteiger partial charge in [-0.25, -0.2) is 0 Å². The lowest BCUT2D eigenvalue weighted by Gasteiger charge is -2.18. The molecular formula is C11H22O. The summed E-state index contributed by atoms with van der Waals surface area (Å²) in [5, 5.41) is 0. The predicted octanol–water partition coefficient (Wildman–Crippen LogP) is 3.28. The summed E-state index contributed by atoms with van der Waals surface area (Å²) in [7, 11) is 0. The lowest BCUT2D eigenvalue weighted by Crippen LogP contribution is -2.23. The third-order valence-electron chi connectivity index (χ3n) is 2.66. The highest BCUT2D eigenvalue weighted by atomic mass is 16.1. The lowest BCUT2D eigenvalue weighted by molar-refractivity contribution is -0.127. The maximum Gasteiger partial charge on any atom is 0.138 e. The van der Waals surface area contributed by atoms with Crippen molar-refractivity contribution in [1.29, 1.82) is 0 Å². The van der Waals surface area contributed by atoms with Gasteiger partial charge in [-0.1, -0.05) is 41.0 Å². The second-order valence-electron chi connectivity index (χ2n) is 4.12. The van der Waals surface area contributed by atoms with E-state index in [2.05, 4.69) is 20.8 Å². The van der Waals surface area contributed by atoms with Gasteiger partial charge in [-0.3, -0.25) is 4.79 Å². The number of hydrogen-bond acceptors (Lipinski definition) is 1. The summed E-state index contributed by atoms with van der Waals surface area (Å²) in [5.41, 5.74) is 0. The molecule has 0 fully saturated rings. The molecule has 2 atom stereocenters.